The summed E-state index contributed by atoms with van der Waals surface area (Å²) in [5.74, 6) is 0. The van der Waals surface area contributed by atoms with Crippen LogP contribution < -0.4 is 5.32 Å². The van der Waals surface area contributed by atoms with Gasteiger partial charge in [-0.1, -0.05) is 30.7 Å². The minimum atomic E-state index is 0.427. The highest BCUT2D eigenvalue weighted by atomic mass is 35.5. The molecule has 2 aromatic rings. The van der Waals surface area contributed by atoms with E-state index in [1.54, 1.807) is 0 Å². The number of likely N-dealkylation sites (N-methyl/N-ethyl adjacent to an activating group) is 1. The number of benzene rings is 1. The Hall–Kier alpha value is -1.32. The van der Waals surface area contributed by atoms with Gasteiger partial charge in [-0.25, -0.2) is 0 Å². The molecule has 0 radical (unpaired) electrons. The van der Waals surface area contributed by atoms with Crippen LogP contribution in [-0.2, 0) is 19.4 Å². The third-order valence-corrected chi connectivity index (χ3v) is 3.63. The van der Waals surface area contributed by atoms with E-state index in [0.717, 1.165) is 31.0 Å². The van der Waals surface area contributed by atoms with Gasteiger partial charge in [0.2, 0.25) is 0 Å². The fourth-order valence-corrected chi connectivity index (χ4v) is 2.51. The Morgan fingerprint density at radius 3 is 2.45 bits per heavy atom. The molecule has 1 aromatic heterocycles. The number of hydrogen-bond acceptors (Lipinski definition) is 2. The standard InChI is InChI=1S/C16H22ClN3/c1-3-18-16(9-13-5-7-15(17)8-6-13)10-14-11-19-20(4-2)12-14/h5-8,11-12,16,18H,3-4,9-10H2,1-2H3. The van der Waals surface area contributed by atoms with Crippen molar-refractivity contribution in [2.45, 2.75) is 39.3 Å². The lowest BCUT2D eigenvalue weighted by molar-refractivity contribution is 0.521. The Bertz CT molecular complexity index is 519. The second-order valence-corrected chi connectivity index (χ2v) is 5.43. The smallest absolute Gasteiger partial charge is 0.0522 e. The SMILES string of the molecule is CCNC(Cc1ccc(Cl)cc1)Cc1cnn(CC)c1. The molecule has 0 saturated carbocycles. The molecule has 0 fully saturated rings. The van der Waals surface area contributed by atoms with Gasteiger partial charge in [-0.05, 0) is 49.6 Å². The maximum Gasteiger partial charge on any atom is 0.0522 e. The Labute approximate surface area is 126 Å². The quantitative estimate of drug-likeness (QED) is 0.848. The van der Waals surface area contributed by atoms with Gasteiger partial charge < -0.3 is 5.32 Å². The van der Waals surface area contributed by atoms with Gasteiger partial charge in [-0.3, -0.25) is 4.68 Å². The van der Waals surface area contributed by atoms with E-state index in [1.165, 1.54) is 11.1 Å². The number of halogens is 1. The first-order valence-corrected chi connectivity index (χ1v) is 7.58. The van der Waals surface area contributed by atoms with Crippen LogP contribution in [0.15, 0.2) is 36.7 Å². The van der Waals surface area contributed by atoms with E-state index in [-0.39, 0.29) is 0 Å². The topological polar surface area (TPSA) is 29.9 Å². The van der Waals surface area contributed by atoms with Crippen molar-refractivity contribution in [3.63, 3.8) is 0 Å². The van der Waals surface area contributed by atoms with E-state index in [4.69, 9.17) is 11.6 Å². The Morgan fingerprint density at radius 2 is 1.85 bits per heavy atom. The first-order chi connectivity index (χ1) is 9.71. The van der Waals surface area contributed by atoms with Gasteiger partial charge in [0.15, 0.2) is 0 Å². The Balaban J connectivity index is 2.00. The molecule has 0 aliphatic carbocycles. The summed E-state index contributed by atoms with van der Waals surface area (Å²) < 4.78 is 1.97. The van der Waals surface area contributed by atoms with Crippen molar-refractivity contribution in [3.8, 4) is 0 Å². The van der Waals surface area contributed by atoms with Crippen molar-refractivity contribution in [1.29, 1.82) is 0 Å². The molecule has 108 valence electrons. The predicted octanol–water partition coefficient (Wildman–Crippen LogP) is 3.32. The molecule has 1 N–H and O–H groups in total. The highest BCUT2D eigenvalue weighted by Crippen LogP contribution is 2.13. The minimum absolute atomic E-state index is 0.427. The van der Waals surface area contributed by atoms with Gasteiger partial charge in [0.05, 0.1) is 6.20 Å². The summed E-state index contributed by atoms with van der Waals surface area (Å²) in [7, 11) is 0. The molecule has 0 bridgehead atoms. The van der Waals surface area contributed by atoms with E-state index in [1.807, 2.05) is 23.0 Å². The van der Waals surface area contributed by atoms with E-state index < -0.39 is 0 Å². The van der Waals surface area contributed by atoms with E-state index in [9.17, 15) is 0 Å². The molecular formula is C16H22ClN3. The molecule has 0 saturated heterocycles. The Kier molecular flexibility index (Phi) is 5.62. The van der Waals surface area contributed by atoms with Crippen molar-refractivity contribution in [2.24, 2.45) is 0 Å². The molecule has 20 heavy (non-hydrogen) atoms. The van der Waals surface area contributed by atoms with Crippen molar-refractivity contribution in [1.82, 2.24) is 15.1 Å². The number of aromatic nitrogens is 2. The third kappa shape index (κ3) is 4.36. The van der Waals surface area contributed by atoms with Crippen LogP contribution in [0, 0.1) is 0 Å². The van der Waals surface area contributed by atoms with Crippen LogP contribution in [0.1, 0.15) is 25.0 Å². The third-order valence-electron chi connectivity index (χ3n) is 3.38. The van der Waals surface area contributed by atoms with Crippen molar-refractivity contribution >= 4 is 11.6 Å². The molecule has 2 rings (SSSR count). The van der Waals surface area contributed by atoms with Crippen LogP contribution in [0.2, 0.25) is 5.02 Å². The van der Waals surface area contributed by atoms with Gasteiger partial charge in [0.25, 0.3) is 0 Å². The predicted molar refractivity (Wildman–Crippen MR) is 84.2 cm³/mol. The molecule has 1 aromatic carbocycles. The van der Waals surface area contributed by atoms with Crippen LogP contribution in [0.3, 0.4) is 0 Å². The number of hydrogen-bond donors (Lipinski definition) is 1. The average molecular weight is 292 g/mol. The summed E-state index contributed by atoms with van der Waals surface area (Å²) in [4.78, 5) is 0. The number of nitrogens with zero attached hydrogens (tertiary/aromatic N) is 2. The molecule has 1 atom stereocenters. The zero-order valence-corrected chi connectivity index (χ0v) is 12.9. The maximum atomic E-state index is 5.93. The van der Waals surface area contributed by atoms with Gasteiger partial charge in [-0.2, -0.15) is 5.10 Å². The lowest BCUT2D eigenvalue weighted by atomic mass is 10.0. The van der Waals surface area contributed by atoms with Gasteiger partial charge in [-0.15, -0.1) is 0 Å². The van der Waals surface area contributed by atoms with E-state index in [0.29, 0.717) is 6.04 Å². The monoisotopic (exact) mass is 291 g/mol. The molecule has 3 nitrogen and oxygen atoms in total. The molecule has 1 unspecified atom stereocenters. The van der Waals surface area contributed by atoms with Gasteiger partial charge in [0, 0.05) is 23.8 Å². The van der Waals surface area contributed by atoms with Crippen molar-refractivity contribution in [3.05, 3.63) is 52.8 Å². The molecular weight excluding hydrogens is 270 g/mol. The number of nitrogens with one attached hydrogen (secondary N) is 1. The lowest BCUT2D eigenvalue weighted by Crippen LogP contribution is -2.32. The lowest BCUT2D eigenvalue weighted by Gasteiger charge is -2.17. The first kappa shape index (κ1) is 15.1. The van der Waals surface area contributed by atoms with Crippen molar-refractivity contribution in [2.75, 3.05) is 6.54 Å². The summed E-state index contributed by atoms with van der Waals surface area (Å²) in [6.45, 7) is 6.14. The summed E-state index contributed by atoms with van der Waals surface area (Å²) in [6.07, 6.45) is 6.10. The van der Waals surface area contributed by atoms with Crippen molar-refractivity contribution < 1.29 is 0 Å². The van der Waals surface area contributed by atoms with Crippen LogP contribution in [-0.4, -0.2) is 22.4 Å². The van der Waals surface area contributed by atoms with E-state index in [2.05, 4.69) is 42.6 Å². The molecule has 0 aliphatic heterocycles. The van der Waals surface area contributed by atoms with E-state index >= 15 is 0 Å². The van der Waals surface area contributed by atoms with Gasteiger partial charge in [0.1, 0.15) is 0 Å². The molecule has 1 heterocycles. The highest BCUT2D eigenvalue weighted by Gasteiger charge is 2.11. The zero-order chi connectivity index (χ0) is 14.4. The molecule has 0 aliphatic rings. The maximum absolute atomic E-state index is 5.93. The molecule has 0 amide bonds. The van der Waals surface area contributed by atoms with Gasteiger partial charge >= 0.3 is 0 Å². The minimum Gasteiger partial charge on any atom is -0.314 e. The van der Waals surface area contributed by atoms with Crippen LogP contribution >= 0.6 is 11.6 Å². The summed E-state index contributed by atoms with van der Waals surface area (Å²) in [5, 5.41) is 8.68. The van der Waals surface area contributed by atoms with Crippen LogP contribution in [0.4, 0.5) is 0 Å². The summed E-state index contributed by atoms with van der Waals surface area (Å²) >= 11 is 5.93. The fourth-order valence-electron chi connectivity index (χ4n) is 2.38. The molecule has 0 spiro atoms. The summed E-state index contributed by atoms with van der Waals surface area (Å²) in [5.41, 5.74) is 2.59. The average Bonchev–Trinajstić information content (AvgIpc) is 2.89. The van der Waals surface area contributed by atoms with Crippen LogP contribution in [0.5, 0.6) is 0 Å². The zero-order valence-electron chi connectivity index (χ0n) is 12.1. The second-order valence-electron chi connectivity index (χ2n) is 4.99. The number of aryl methyl sites for hydroxylation is 1. The molecule has 4 heteroatoms. The fraction of sp³-hybridized carbons (Fsp3) is 0.438. The summed E-state index contributed by atoms with van der Waals surface area (Å²) in [6, 6.07) is 8.53. The second kappa shape index (κ2) is 7.46. The highest BCUT2D eigenvalue weighted by molar-refractivity contribution is 6.30. The normalized spacial score (nSPS) is 12.6. The Morgan fingerprint density at radius 1 is 1.15 bits per heavy atom. The largest absolute Gasteiger partial charge is 0.314 e. The number of rotatable bonds is 7. The first-order valence-electron chi connectivity index (χ1n) is 7.20. The van der Waals surface area contributed by atoms with Crippen LogP contribution in [0.25, 0.3) is 0 Å².